The minimum Gasteiger partial charge on any atom is -0.364 e. The van der Waals surface area contributed by atoms with Crippen LogP contribution in [0.15, 0.2) is 91.0 Å². The predicted molar refractivity (Wildman–Crippen MR) is 115 cm³/mol. The fourth-order valence-electron chi connectivity index (χ4n) is 3.20. The predicted octanol–water partition coefficient (Wildman–Crippen LogP) is 5.66. The van der Waals surface area contributed by atoms with E-state index in [1.54, 1.807) is 0 Å². The van der Waals surface area contributed by atoms with Gasteiger partial charge in [0.05, 0.1) is 11.1 Å². The van der Waals surface area contributed by atoms with Crippen LogP contribution in [0.4, 0.5) is 11.5 Å². The van der Waals surface area contributed by atoms with Crippen molar-refractivity contribution >= 4 is 28.3 Å². The Kier molecular flexibility index (Phi) is 5.02. The Morgan fingerprint density at radius 3 is 2.25 bits per heavy atom. The first-order valence-corrected chi connectivity index (χ1v) is 9.28. The summed E-state index contributed by atoms with van der Waals surface area (Å²) in [5.74, 6) is 0.522. The lowest BCUT2D eigenvalue weighted by molar-refractivity contribution is 0.102. The summed E-state index contributed by atoms with van der Waals surface area (Å²) in [6.45, 7) is 2.08. The van der Waals surface area contributed by atoms with E-state index in [0.29, 0.717) is 11.4 Å². The van der Waals surface area contributed by atoms with Crippen molar-refractivity contribution in [3.8, 4) is 0 Å². The Morgan fingerprint density at radius 1 is 0.857 bits per heavy atom. The smallest absolute Gasteiger partial charge is 0.256 e. The van der Waals surface area contributed by atoms with E-state index in [-0.39, 0.29) is 11.9 Å². The normalized spacial score (nSPS) is 11.8. The molecule has 0 aliphatic heterocycles. The standard InChI is InChI=1S/C24H21N3O/c1-17(18-10-4-2-5-11-18)25-23-16-21(20-14-8-9-15-22(20)27-23)24(28)26-19-12-6-3-7-13-19/h2-17H,1H3,(H,25,27)(H,26,28). The van der Waals surface area contributed by atoms with Gasteiger partial charge in [0.1, 0.15) is 5.82 Å². The summed E-state index contributed by atoms with van der Waals surface area (Å²) < 4.78 is 0. The molecular formula is C24H21N3O. The maximum absolute atomic E-state index is 13.0. The van der Waals surface area contributed by atoms with Gasteiger partial charge in [-0.15, -0.1) is 0 Å². The van der Waals surface area contributed by atoms with Crippen molar-refractivity contribution in [2.24, 2.45) is 0 Å². The average Bonchev–Trinajstić information content (AvgIpc) is 2.74. The molecule has 28 heavy (non-hydrogen) atoms. The SMILES string of the molecule is CC(Nc1cc(C(=O)Nc2ccccc2)c2ccccc2n1)c1ccccc1. The number of para-hydroxylation sites is 2. The van der Waals surface area contributed by atoms with E-state index in [1.165, 1.54) is 0 Å². The highest BCUT2D eigenvalue weighted by Crippen LogP contribution is 2.25. The number of rotatable bonds is 5. The Hall–Kier alpha value is -3.66. The number of nitrogens with one attached hydrogen (secondary N) is 2. The molecule has 2 N–H and O–H groups in total. The molecule has 1 atom stereocenters. The molecule has 4 heteroatoms. The lowest BCUT2D eigenvalue weighted by atomic mass is 10.1. The largest absolute Gasteiger partial charge is 0.364 e. The van der Waals surface area contributed by atoms with Crippen LogP contribution in [0.1, 0.15) is 28.9 Å². The van der Waals surface area contributed by atoms with Crippen molar-refractivity contribution in [1.82, 2.24) is 4.98 Å². The van der Waals surface area contributed by atoms with E-state index in [9.17, 15) is 4.79 Å². The third-order valence-corrected chi connectivity index (χ3v) is 4.66. The zero-order valence-corrected chi connectivity index (χ0v) is 15.6. The molecule has 0 saturated heterocycles. The number of fused-ring (bicyclic) bond motifs is 1. The van der Waals surface area contributed by atoms with Gasteiger partial charge in [0, 0.05) is 17.1 Å². The van der Waals surface area contributed by atoms with Crippen LogP contribution in [-0.2, 0) is 0 Å². The summed E-state index contributed by atoms with van der Waals surface area (Å²) in [5, 5.41) is 7.21. The van der Waals surface area contributed by atoms with Crippen molar-refractivity contribution in [1.29, 1.82) is 0 Å². The van der Waals surface area contributed by atoms with Gasteiger partial charge in [-0.2, -0.15) is 0 Å². The first kappa shape index (κ1) is 17.7. The molecule has 4 nitrogen and oxygen atoms in total. The number of amides is 1. The molecule has 4 aromatic rings. The van der Waals surface area contributed by atoms with E-state index in [4.69, 9.17) is 4.98 Å². The fourth-order valence-corrected chi connectivity index (χ4v) is 3.20. The molecule has 1 aromatic heterocycles. The van der Waals surface area contributed by atoms with Gasteiger partial charge in [-0.25, -0.2) is 4.98 Å². The summed E-state index contributed by atoms with van der Waals surface area (Å²) in [6, 6.07) is 29.2. The highest BCUT2D eigenvalue weighted by molar-refractivity contribution is 6.13. The average molecular weight is 367 g/mol. The van der Waals surface area contributed by atoms with Gasteiger partial charge >= 0.3 is 0 Å². The number of hydrogen-bond acceptors (Lipinski definition) is 3. The molecule has 138 valence electrons. The molecular weight excluding hydrogens is 346 g/mol. The van der Waals surface area contributed by atoms with Gasteiger partial charge in [-0.1, -0.05) is 66.7 Å². The van der Waals surface area contributed by atoms with Crippen molar-refractivity contribution < 1.29 is 4.79 Å². The molecule has 0 spiro atoms. The number of aromatic nitrogens is 1. The van der Waals surface area contributed by atoms with E-state index in [0.717, 1.165) is 22.2 Å². The lowest BCUT2D eigenvalue weighted by Crippen LogP contribution is -2.14. The number of carbonyl (C=O) groups is 1. The maximum Gasteiger partial charge on any atom is 0.256 e. The van der Waals surface area contributed by atoms with Crippen LogP contribution in [0.2, 0.25) is 0 Å². The number of pyridine rings is 1. The highest BCUT2D eigenvalue weighted by atomic mass is 16.1. The first-order chi connectivity index (χ1) is 13.7. The molecule has 0 bridgehead atoms. The van der Waals surface area contributed by atoms with Gasteiger partial charge in [0.2, 0.25) is 0 Å². The zero-order chi connectivity index (χ0) is 19.3. The van der Waals surface area contributed by atoms with Crippen LogP contribution in [0, 0.1) is 0 Å². The minimum absolute atomic E-state index is 0.0693. The highest BCUT2D eigenvalue weighted by Gasteiger charge is 2.14. The van der Waals surface area contributed by atoms with E-state index in [2.05, 4.69) is 29.7 Å². The molecule has 1 heterocycles. The van der Waals surface area contributed by atoms with Crippen molar-refractivity contribution in [2.75, 3.05) is 10.6 Å². The van der Waals surface area contributed by atoms with E-state index in [1.807, 2.05) is 78.9 Å². The fraction of sp³-hybridized carbons (Fsp3) is 0.0833. The van der Waals surface area contributed by atoms with Crippen LogP contribution in [0.25, 0.3) is 10.9 Å². The van der Waals surface area contributed by atoms with Gasteiger partial charge in [0.25, 0.3) is 5.91 Å². The number of hydrogen-bond donors (Lipinski definition) is 2. The van der Waals surface area contributed by atoms with Crippen LogP contribution in [0.5, 0.6) is 0 Å². The molecule has 0 aliphatic rings. The molecule has 0 saturated carbocycles. The lowest BCUT2D eigenvalue weighted by Gasteiger charge is -2.17. The Bertz CT molecular complexity index is 1090. The minimum atomic E-state index is -0.153. The molecule has 0 fully saturated rings. The van der Waals surface area contributed by atoms with Gasteiger partial charge in [-0.05, 0) is 36.8 Å². The van der Waals surface area contributed by atoms with E-state index >= 15 is 0 Å². The third kappa shape index (κ3) is 3.86. The van der Waals surface area contributed by atoms with Crippen LogP contribution in [0.3, 0.4) is 0 Å². The van der Waals surface area contributed by atoms with Crippen LogP contribution in [-0.4, -0.2) is 10.9 Å². The molecule has 0 radical (unpaired) electrons. The summed E-state index contributed by atoms with van der Waals surface area (Å²) in [4.78, 5) is 17.7. The summed E-state index contributed by atoms with van der Waals surface area (Å²) in [7, 11) is 0. The molecule has 4 rings (SSSR count). The Balaban J connectivity index is 1.68. The quantitative estimate of drug-likeness (QED) is 0.478. The van der Waals surface area contributed by atoms with Crippen molar-refractivity contribution in [2.45, 2.75) is 13.0 Å². The number of benzene rings is 3. The van der Waals surface area contributed by atoms with Gasteiger partial charge in [0.15, 0.2) is 0 Å². The van der Waals surface area contributed by atoms with Gasteiger partial charge < -0.3 is 10.6 Å². The molecule has 1 unspecified atom stereocenters. The van der Waals surface area contributed by atoms with Crippen LogP contribution >= 0.6 is 0 Å². The topological polar surface area (TPSA) is 54.0 Å². The molecule has 3 aromatic carbocycles. The maximum atomic E-state index is 13.0. The van der Waals surface area contributed by atoms with Gasteiger partial charge in [-0.3, -0.25) is 4.79 Å². The second-order valence-corrected chi connectivity index (χ2v) is 6.67. The Morgan fingerprint density at radius 2 is 1.50 bits per heavy atom. The number of anilines is 2. The summed E-state index contributed by atoms with van der Waals surface area (Å²) in [5.41, 5.74) is 3.30. The second kappa shape index (κ2) is 7.92. The first-order valence-electron chi connectivity index (χ1n) is 9.28. The monoisotopic (exact) mass is 367 g/mol. The summed E-state index contributed by atoms with van der Waals surface area (Å²) in [6.07, 6.45) is 0. The third-order valence-electron chi connectivity index (χ3n) is 4.66. The Labute approximate surface area is 164 Å². The van der Waals surface area contributed by atoms with Crippen LogP contribution < -0.4 is 10.6 Å². The van der Waals surface area contributed by atoms with Crippen molar-refractivity contribution in [3.63, 3.8) is 0 Å². The second-order valence-electron chi connectivity index (χ2n) is 6.67. The van der Waals surface area contributed by atoms with Crippen molar-refractivity contribution in [3.05, 3.63) is 102 Å². The molecule has 0 aliphatic carbocycles. The van der Waals surface area contributed by atoms with E-state index < -0.39 is 0 Å². The number of nitrogens with zero attached hydrogens (tertiary/aromatic N) is 1. The molecule has 1 amide bonds. The zero-order valence-electron chi connectivity index (χ0n) is 15.6. The number of carbonyl (C=O) groups excluding carboxylic acids is 1. The summed E-state index contributed by atoms with van der Waals surface area (Å²) >= 11 is 0.